The van der Waals surface area contributed by atoms with Crippen molar-refractivity contribution >= 4 is 51.0 Å². The Bertz CT molecular complexity index is 1330. The fraction of sp³-hybridized carbons (Fsp3) is 0.538. The number of halogens is 2. The summed E-state index contributed by atoms with van der Waals surface area (Å²) in [6.45, 7) is 6.34. The molecule has 0 unspecified atom stereocenters. The Morgan fingerprint density at radius 2 is 1.73 bits per heavy atom. The Morgan fingerprint density at radius 3 is 2.35 bits per heavy atom. The molecule has 0 aliphatic carbocycles. The van der Waals surface area contributed by atoms with E-state index in [-0.39, 0.29) is 5.95 Å². The number of para-hydroxylation sites is 1. The van der Waals surface area contributed by atoms with E-state index in [9.17, 15) is 8.78 Å². The first kappa shape index (κ1) is 28.7. The van der Waals surface area contributed by atoms with Gasteiger partial charge >= 0.3 is 0 Å². The third-order valence-corrected chi connectivity index (χ3v) is 8.44. The largest absolute Gasteiger partial charge is 0.494 e. The molecule has 5 rings (SSSR count). The zero-order valence-electron chi connectivity index (χ0n) is 22.9. The van der Waals surface area contributed by atoms with Crippen molar-refractivity contribution in [2.24, 2.45) is 0 Å². The number of methoxy groups -OCH3 is 1. The van der Waals surface area contributed by atoms with E-state index in [1.165, 1.54) is 11.7 Å². The lowest BCUT2D eigenvalue weighted by molar-refractivity contribution is 0.122. The highest BCUT2D eigenvalue weighted by Gasteiger charge is 2.27. The number of imidazole rings is 1. The fourth-order valence-electron chi connectivity index (χ4n) is 4.76. The van der Waals surface area contributed by atoms with E-state index in [2.05, 4.69) is 38.7 Å². The van der Waals surface area contributed by atoms with E-state index < -0.39 is 12.2 Å². The molecule has 4 heterocycles. The normalized spacial score (nSPS) is 16.4. The van der Waals surface area contributed by atoms with E-state index in [0.29, 0.717) is 67.8 Å². The van der Waals surface area contributed by atoms with Crippen LogP contribution in [0.25, 0.3) is 17.0 Å². The van der Waals surface area contributed by atoms with Crippen LogP contribution in [-0.4, -0.2) is 120 Å². The summed E-state index contributed by atoms with van der Waals surface area (Å²) in [5.74, 6) is 2.45. The summed E-state index contributed by atoms with van der Waals surface area (Å²) in [5.41, 5.74) is 0.806. The summed E-state index contributed by atoms with van der Waals surface area (Å²) in [7, 11) is 5.60. The maximum Gasteiger partial charge on any atom is 0.296 e. The molecule has 0 spiro atoms. The Balaban J connectivity index is 1.48. The maximum atomic E-state index is 14.3. The van der Waals surface area contributed by atoms with Gasteiger partial charge in [-0.15, -0.1) is 0 Å². The lowest BCUT2D eigenvalue weighted by Gasteiger charge is -2.37. The van der Waals surface area contributed by atoms with E-state index in [1.54, 1.807) is 30.0 Å². The van der Waals surface area contributed by atoms with Crippen molar-refractivity contribution in [1.29, 1.82) is 0 Å². The number of benzene rings is 1. The summed E-state index contributed by atoms with van der Waals surface area (Å²) in [6.07, 6.45) is -2.83. The lowest BCUT2D eigenvalue weighted by atomic mass is 10.3. The molecular weight excluding hydrogens is 558 g/mol. The standard InChI is InChI=1S/C26H34F2N8O2S2/c1-32(2)13-16-40-26(39)35-9-7-33(8-10-35)20-17-21(34-11-14-38-15-12-34)30-25(29-20)36-18-5-4-6-19(37-3)22(18)31-24(36)23(27)28/h4-6,17,23H,7-16H2,1-3H3. The van der Waals surface area contributed by atoms with Crippen molar-refractivity contribution in [3.05, 3.63) is 30.1 Å². The Morgan fingerprint density at radius 1 is 1.05 bits per heavy atom. The van der Waals surface area contributed by atoms with Gasteiger partial charge in [0.05, 0.1) is 25.8 Å². The number of hydrogen-bond acceptors (Lipinski definition) is 10. The van der Waals surface area contributed by atoms with Crippen molar-refractivity contribution in [3.8, 4) is 11.7 Å². The Labute approximate surface area is 242 Å². The number of nitrogens with zero attached hydrogens (tertiary/aromatic N) is 8. The molecule has 2 aliphatic rings. The first-order valence-electron chi connectivity index (χ1n) is 13.2. The predicted molar refractivity (Wildman–Crippen MR) is 159 cm³/mol. The number of anilines is 2. The number of piperazine rings is 1. The molecule has 40 heavy (non-hydrogen) atoms. The summed E-state index contributed by atoms with van der Waals surface area (Å²) < 4.78 is 41.8. The van der Waals surface area contributed by atoms with Crippen molar-refractivity contribution in [2.75, 3.05) is 95.8 Å². The van der Waals surface area contributed by atoms with Gasteiger partial charge < -0.3 is 29.1 Å². The van der Waals surface area contributed by atoms with Crippen molar-refractivity contribution in [3.63, 3.8) is 0 Å². The molecular formula is C26H34F2N8O2S2. The number of alkyl halides is 2. The molecule has 1 aromatic carbocycles. The van der Waals surface area contributed by atoms with Gasteiger partial charge in [0, 0.05) is 57.6 Å². The molecule has 0 bridgehead atoms. The van der Waals surface area contributed by atoms with Gasteiger partial charge in [-0.3, -0.25) is 4.57 Å². The number of rotatable bonds is 8. The first-order chi connectivity index (χ1) is 19.4. The molecule has 10 nitrogen and oxygen atoms in total. The molecule has 0 N–H and O–H groups in total. The molecule has 3 aromatic rings. The van der Waals surface area contributed by atoms with Gasteiger partial charge in [0.1, 0.15) is 27.2 Å². The van der Waals surface area contributed by atoms with Gasteiger partial charge in [-0.2, -0.15) is 9.97 Å². The molecule has 2 aromatic heterocycles. The fourth-order valence-corrected chi connectivity index (χ4v) is 6.19. The molecule has 2 aliphatic heterocycles. The molecule has 2 saturated heterocycles. The molecule has 2 fully saturated rings. The quantitative estimate of drug-likeness (QED) is 0.362. The van der Waals surface area contributed by atoms with Gasteiger partial charge in [0.15, 0.2) is 5.82 Å². The van der Waals surface area contributed by atoms with Crippen LogP contribution in [0.4, 0.5) is 20.4 Å². The van der Waals surface area contributed by atoms with E-state index in [1.807, 2.05) is 6.07 Å². The minimum absolute atomic E-state index is 0.155. The number of ether oxygens (including phenoxy) is 2. The van der Waals surface area contributed by atoms with Crippen molar-refractivity contribution in [1.82, 2.24) is 29.3 Å². The molecule has 0 atom stereocenters. The van der Waals surface area contributed by atoms with Crippen LogP contribution in [0, 0.1) is 0 Å². The number of thioether (sulfide) groups is 1. The molecule has 14 heteroatoms. The number of morpholine rings is 1. The second-order valence-electron chi connectivity index (χ2n) is 9.81. The number of aromatic nitrogens is 4. The molecule has 216 valence electrons. The average Bonchev–Trinajstić information content (AvgIpc) is 3.38. The van der Waals surface area contributed by atoms with Gasteiger partial charge in [-0.1, -0.05) is 30.0 Å². The third kappa shape index (κ3) is 6.24. The highest BCUT2D eigenvalue weighted by molar-refractivity contribution is 8.22. The van der Waals surface area contributed by atoms with Crippen LogP contribution in [-0.2, 0) is 4.74 Å². The van der Waals surface area contributed by atoms with Crippen LogP contribution in [0.2, 0.25) is 0 Å². The van der Waals surface area contributed by atoms with Crippen LogP contribution >= 0.6 is 24.0 Å². The SMILES string of the molecule is COc1cccc2c1nc(C(F)F)n2-c1nc(N2CCOCC2)cc(N2CCN(C(=S)SCCN(C)C)CC2)n1. The van der Waals surface area contributed by atoms with Crippen LogP contribution in [0.15, 0.2) is 24.3 Å². The monoisotopic (exact) mass is 592 g/mol. The first-order valence-corrected chi connectivity index (χ1v) is 14.6. The van der Waals surface area contributed by atoms with E-state index >= 15 is 0 Å². The zero-order chi connectivity index (χ0) is 28.2. The third-order valence-electron chi connectivity index (χ3n) is 6.94. The summed E-state index contributed by atoms with van der Waals surface area (Å²) in [6, 6.07) is 7.12. The highest BCUT2D eigenvalue weighted by Crippen LogP contribution is 2.33. The van der Waals surface area contributed by atoms with Gasteiger partial charge in [-0.05, 0) is 26.2 Å². The topological polar surface area (TPSA) is 75.0 Å². The lowest BCUT2D eigenvalue weighted by Crippen LogP contribution is -2.48. The van der Waals surface area contributed by atoms with Gasteiger partial charge in [0.2, 0.25) is 5.95 Å². The minimum atomic E-state index is -2.83. The smallest absolute Gasteiger partial charge is 0.296 e. The molecule has 0 radical (unpaired) electrons. The summed E-state index contributed by atoms with van der Waals surface area (Å²) >= 11 is 7.38. The highest BCUT2D eigenvalue weighted by atomic mass is 32.2. The van der Waals surface area contributed by atoms with Crippen LogP contribution in [0.1, 0.15) is 12.2 Å². The van der Waals surface area contributed by atoms with Crippen molar-refractivity contribution in [2.45, 2.75) is 6.43 Å². The summed E-state index contributed by atoms with van der Waals surface area (Å²) in [4.78, 5) is 22.5. The molecule has 0 saturated carbocycles. The number of thiocarbonyl (C=S) groups is 1. The Kier molecular flexibility index (Phi) is 9.18. The zero-order valence-corrected chi connectivity index (χ0v) is 24.6. The van der Waals surface area contributed by atoms with Gasteiger partial charge in [0.25, 0.3) is 6.43 Å². The second-order valence-corrected chi connectivity index (χ2v) is 11.5. The molecule has 0 amide bonds. The van der Waals surface area contributed by atoms with E-state index in [4.69, 9.17) is 31.7 Å². The van der Waals surface area contributed by atoms with Crippen molar-refractivity contribution < 1.29 is 18.3 Å². The van der Waals surface area contributed by atoms with E-state index in [0.717, 1.165) is 29.7 Å². The van der Waals surface area contributed by atoms with Crippen LogP contribution < -0.4 is 14.5 Å². The van der Waals surface area contributed by atoms with Gasteiger partial charge in [-0.25, -0.2) is 13.8 Å². The average molecular weight is 593 g/mol. The predicted octanol–water partition coefficient (Wildman–Crippen LogP) is 3.30. The Hall–Kier alpha value is -2.81. The minimum Gasteiger partial charge on any atom is -0.494 e. The number of fused-ring (bicyclic) bond motifs is 1. The number of hydrogen-bond donors (Lipinski definition) is 0. The summed E-state index contributed by atoms with van der Waals surface area (Å²) in [5, 5.41) is 0. The van der Waals surface area contributed by atoms with Crippen LogP contribution in [0.3, 0.4) is 0 Å². The van der Waals surface area contributed by atoms with Crippen LogP contribution in [0.5, 0.6) is 5.75 Å². The second kappa shape index (κ2) is 12.8. The maximum absolute atomic E-state index is 14.3.